The van der Waals surface area contributed by atoms with Crippen LogP contribution in [0.5, 0.6) is 0 Å². The Labute approximate surface area is 125 Å². The van der Waals surface area contributed by atoms with Crippen molar-refractivity contribution >= 4 is 23.9 Å². The van der Waals surface area contributed by atoms with Crippen LogP contribution in [0, 0.1) is 6.92 Å². The van der Waals surface area contributed by atoms with Crippen LogP contribution < -0.4 is 4.90 Å². The van der Waals surface area contributed by atoms with Crippen molar-refractivity contribution in [2.24, 2.45) is 0 Å². The summed E-state index contributed by atoms with van der Waals surface area (Å²) < 4.78 is 4.77. The zero-order valence-electron chi connectivity index (χ0n) is 12.5. The molecule has 0 spiro atoms. The summed E-state index contributed by atoms with van der Waals surface area (Å²) in [4.78, 5) is 13.2. The second kappa shape index (κ2) is 6.75. The van der Waals surface area contributed by atoms with Gasteiger partial charge in [0.15, 0.2) is 0 Å². The van der Waals surface area contributed by atoms with Crippen molar-refractivity contribution in [3.63, 3.8) is 0 Å². The molecule has 1 amide bonds. The highest BCUT2D eigenvalue weighted by Gasteiger charge is 2.12. The Morgan fingerprint density at radius 1 is 1.00 bits per heavy atom. The lowest BCUT2D eigenvalue weighted by molar-refractivity contribution is 0.180. The Balaban J connectivity index is 2.33. The van der Waals surface area contributed by atoms with E-state index in [-0.39, 0.29) is 6.09 Å². The van der Waals surface area contributed by atoms with E-state index in [9.17, 15) is 4.79 Å². The van der Waals surface area contributed by atoms with E-state index in [1.54, 1.807) is 7.05 Å². The number of nitrogens with zero attached hydrogens (tertiary/aromatic N) is 1. The Morgan fingerprint density at radius 3 is 2.24 bits per heavy atom. The van der Waals surface area contributed by atoms with Gasteiger partial charge in [-0.25, -0.2) is 4.79 Å². The Hall–Kier alpha value is -2.55. The first-order valence-corrected chi connectivity index (χ1v) is 6.78. The number of ether oxygens (including phenoxy) is 1. The van der Waals surface area contributed by atoms with Crippen molar-refractivity contribution < 1.29 is 9.53 Å². The topological polar surface area (TPSA) is 29.5 Å². The van der Waals surface area contributed by atoms with Gasteiger partial charge in [-0.15, -0.1) is 0 Å². The Morgan fingerprint density at radius 2 is 1.57 bits per heavy atom. The second-order valence-electron chi connectivity index (χ2n) is 4.78. The molecule has 0 aliphatic rings. The molecule has 0 saturated heterocycles. The minimum absolute atomic E-state index is 0.383. The minimum atomic E-state index is -0.383. The molecule has 21 heavy (non-hydrogen) atoms. The number of hydrogen-bond donors (Lipinski definition) is 0. The van der Waals surface area contributed by atoms with Crippen LogP contribution in [0.15, 0.2) is 48.5 Å². The predicted molar refractivity (Wildman–Crippen MR) is 87.4 cm³/mol. The summed E-state index contributed by atoms with van der Waals surface area (Å²) in [6.07, 6.45) is 3.68. The summed E-state index contributed by atoms with van der Waals surface area (Å²) in [7, 11) is 3.08. The fourth-order valence-corrected chi connectivity index (χ4v) is 2.12. The van der Waals surface area contributed by atoms with Crippen LogP contribution in [0.25, 0.3) is 12.2 Å². The smallest absolute Gasteiger partial charge is 0.413 e. The van der Waals surface area contributed by atoms with E-state index in [1.165, 1.54) is 17.6 Å². The number of benzene rings is 2. The molecule has 2 aromatic carbocycles. The van der Waals surface area contributed by atoms with Gasteiger partial charge in [0.2, 0.25) is 0 Å². The van der Waals surface area contributed by atoms with Gasteiger partial charge in [0.05, 0.1) is 12.8 Å². The van der Waals surface area contributed by atoms with Gasteiger partial charge >= 0.3 is 6.09 Å². The molecule has 0 aliphatic heterocycles. The highest BCUT2D eigenvalue weighted by atomic mass is 16.5. The van der Waals surface area contributed by atoms with E-state index in [0.29, 0.717) is 0 Å². The Bertz CT molecular complexity index is 662. The van der Waals surface area contributed by atoms with E-state index < -0.39 is 0 Å². The number of carbonyl (C=O) groups is 1. The quantitative estimate of drug-likeness (QED) is 0.782. The molecule has 0 heterocycles. The zero-order valence-corrected chi connectivity index (χ0v) is 12.5. The zero-order chi connectivity index (χ0) is 15.2. The molecule has 0 saturated carbocycles. The normalized spacial score (nSPS) is 10.6. The molecule has 3 nitrogen and oxygen atoms in total. The maximum absolute atomic E-state index is 11.7. The predicted octanol–water partition coefficient (Wildman–Crippen LogP) is 4.37. The molecule has 0 bridgehead atoms. The third kappa shape index (κ3) is 3.51. The lowest BCUT2D eigenvalue weighted by Gasteiger charge is -2.17. The van der Waals surface area contributed by atoms with Gasteiger partial charge in [0.25, 0.3) is 0 Å². The summed E-state index contributed by atoms with van der Waals surface area (Å²) >= 11 is 0. The van der Waals surface area contributed by atoms with E-state index in [0.717, 1.165) is 16.8 Å². The fourth-order valence-electron chi connectivity index (χ4n) is 2.12. The number of amides is 1. The molecular weight excluding hydrogens is 262 g/mol. The SMILES string of the molecule is COC(=O)N(C)c1ccccc1/C=C/c1ccccc1C. The monoisotopic (exact) mass is 281 g/mol. The van der Waals surface area contributed by atoms with Gasteiger partial charge in [-0.2, -0.15) is 0 Å². The number of aryl methyl sites for hydroxylation is 1. The standard InChI is InChI=1S/C18H19NO2/c1-14-8-4-5-9-15(14)12-13-16-10-6-7-11-17(16)19(2)18(20)21-3/h4-13H,1-3H3/b13-12+. The molecular formula is C18H19NO2. The number of anilines is 1. The van der Waals surface area contributed by atoms with Crippen molar-refractivity contribution in [2.75, 3.05) is 19.1 Å². The molecule has 0 unspecified atom stereocenters. The van der Waals surface area contributed by atoms with Crippen LogP contribution in [-0.2, 0) is 4.74 Å². The minimum Gasteiger partial charge on any atom is -0.452 e. The molecule has 2 rings (SSSR count). The molecule has 108 valence electrons. The lowest BCUT2D eigenvalue weighted by Crippen LogP contribution is -2.26. The molecule has 0 aromatic heterocycles. The number of rotatable bonds is 3. The van der Waals surface area contributed by atoms with Gasteiger partial charge in [0, 0.05) is 7.05 Å². The van der Waals surface area contributed by atoms with Gasteiger partial charge in [-0.3, -0.25) is 4.90 Å². The highest BCUT2D eigenvalue weighted by Crippen LogP contribution is 2.22. The van der Waals surface area contributed by atoms with E-state index >= 15 is 0 Å². The number of carbonyl (C=O) groups excluding carboxylic acids is 1. The lowest BCUT2D eigenvalue weighted by atomic mass is 10.1. The van der Waals surface area contributed by atoms with E-state index in [4.69, 9.17) is 4.74 Å². The third-order valence-corrected chi connectivity index (χ3v) is 3.38. The van der Waals surface area contributed by atoms with Crippen molar-refractivity contribution in [1.29, 1.82) is 0 Å². The number of hydrogen-bond acceptors (Lipinski definition) is 2. The van der Waals surface area contributed by atoms with Crippen LogP contribution >= 0.6 is 0 Å². The summed E-state index contributed by atoms with van der Waals surface area (Å²) in [5.74, 6) is 0. The molecule has 0 radical (unpaired) electrons. The maximum Gasteiger partial charge on any atom is 0.413 e. The first-order valence-electron chi connectivity index (χ1n) is 6.78. The summed E-state index contributed by atoms with van der Waals surface area (Å²) in [6, 6.07) is 15.9. The number of para-hydroxylation sites is 1. The molecule has 0 atom stereocenters. The molecule has 0 N–H and O–H groups in total. The van der Waals surface area contributed by atoms with Crippen LogP contribution in [-0.4, -0.2) is 20.3 Å². The number of methoxy groups -OCH3 is 1. The average molecular weight is 281 g/mol. The first kappa shape index (κ1) is 14.9. The summed E-state index contributed by atoms with van der Waals surface area (Å²) in [5.41, 5.74) is 4.16. The van der Waals surface area contributed by atoms with Gasteiger partial charge < -0.3 is 4.74 Å². The summed E-state index contributed by atoms with van der Waals surface area (Å²) in [5, 5.41) is 0. The third-order valence-electron chi connectivity index (χ3n) is 3.38. The van der Waals surface area contributed by atoms with E-state index in [2.05, 4.69) is 25.1 Å². The second-order valence-corrected chi connectivity index (χ2v) is 4.78. The molecule has 0 aliphatic carbocycles. The maximum atomic E-state index is 11.7. The van der Waals surface area contributed by atoms with Gasteiger partial charge in [-0.1, -0.05) is 54.6 Å². The molecule has 2 aromatic rings. The van der Waals surface area contributed by atoms with E-state index in [1.807, 2.05) is 42.5 Å². The Kier molecular flexibility index (Phi) is 4.77. The molecule has 0 fully saturated rings. The summed E-state index contributed by atoms with van der Waals surface area (Å²) in [6.45, 7) is 2.08. The van der Waals surface area contributed by atoms with Gasteiger partial charge in [0.1, 0.15) is 0 Å². The van der Waals surface area contributed by atoms with Crippen LogP contribution in [0.1, 0.15) is 16.7 Å². The van der Waals surface area contributed by atoms with Crippen molar-refractivity contribution in [3.05, 3.63) is 65.2 Å². The highest BCUT2D eigenvalue weighted by molar-refractivity contribution is 5.91. The average Bonchev–Trinajstić information content (AvgIpc) is 2.53. The van der Waals surface area contributed by atoms with Crippen molar-refractivity contribution in [2.45, 2.75) is 6.92 Å². The van der Waals surface area contributed by atoms with Gasteiger partial charge in [-0.05, 0) is 29.7 Å². The van der Waals surface area contributed by atoms with Crippen molar-refractivity contribution in [3.8, 4) is 0 Å². The largest absolute Gasteiger partial charge is 0.452 e. The van der Waals surface area contributed by atoms with Crippen LogP contribution in [0.2, 0.25) is 0 Å². The van der Waals surface area contributed by atoms with Crippen molar-refractivity contribution in [1.82, 2.24) is 0 Å². The van der Waals surface area contributed by atoms with Crippen LogP contribution in [0.3, 0.4) is 0 Å². The molecule has 3 heteroatoms. The first-order chi connectivity index (χ1) is 10.1. The van der Waals surface area contributed by atoms with Crippen LogP contribution in [0.4, 0.5) is 10.5 Å². The fraction of sp³-hybridized carbons (Fsp3) is 0.167.